The summed E-state index contributed by atoms with van der Waals surface area (Å²) in [7, 11) is 0. The summed E-state index contributed by atoms with van der Waals surface area (Å²) in [6, 6.07) is 8.96. The third-order valence-electron chi connectivity index (χ3n) is 3.10. The lowest BCUT2D eigenvalue weighted by Crippen LogP contribution is -2.30. The van der Waals surface area contributed by atoms with Crippen LogP contribution in [0.1, 0.15) is 23.2 Å². The van der Waals surface area contributed by atoms with E-state index in [2.05, 4.69) is 16.0 Å². The Labute approximate surface area is 126 Å². The third-order valence-corrected chi connectivity index (χ3v) is 3.78. The van der Waals surface area contributed by atoms with Gasteiger partial charge >= 0.3 is 6.03 Å². The fraction of sp³-hybridized carbons (Fsp3) is 0.200. The lowest BCUT2D eigenvalue weighted by atomic mass is 10.2. The molecule has 1 saturated carbocycles. The summed E-state index contributed by atoms with van der Waals surface area (Å²) in [6.07, 6.45) is 2.11. The summed E-state index contributed by atoms with van der Waals surface area (Å²) < 4.78 is 0. The summed E-state index contributed by atoms with van der Waals surface area (Å²) in [5.74, 6) is -0.136. The molecule has 0 radical (unpaired) electrons. The first-order valence-corrected chi connectivity index (χ1v) is 7.66. The zero-order valence-corrected chi connectivity index (χ0v) is 12.1. The van der Waals surface area contributed by atoms with Gasteiger partial charge in [-0.25, -0.2) is 4.79 Å². The number of carbonyl (C=O) groups is 2. The van der Waals surface area contributed by atoms with E-state index in [1.807, 2.05) is 5.38 Å². The van der Waals surface area contributed by atoms with Crippen molar-refractivity contribution >= 4 is 34.6 Å². The van der Waals surface area contributed by atoms with Crippen LogP contribution >= 0.6 is 11.3 Å². The molecule has 1 aromatic heterocycles. The van der Waals surface area contributed by atoms with Crippen molar-refractivity contribution in [2.45, 2.75) is 18.9 Å². The van der Waals surface area contributed by atoms with Gasteiger partial charge in [0.05, 0.1) is 5.56 Å². The van der Waals surface area contributed by atoms with Gasteiger partial charge in [-0.05, 0) is 48.6 Å². The summed E-state index contributed by atoms with van der Waals surface area (Å²) >= 11 is 1.48. The van der Waals surface area contributed by atoms with Crippen molar-refractivity contribution in [1.82, 2.24) is 5.32 Å². The lowest BCUT2D eigenvalue weighted by Gasteiger charge is -2.08. The first-order valence-electron chi connectivity index (χ1n) is 6.72. The average Bonchev–Trinajstić information content (AvgIpc) is 3.10. The smallest absolute Gasteiger partial charge is 0.319 e. The molecule has 1 heterocycles. The van der Waals surface area contributed by atoms with Crippen LogP contribution in [0.25, 0.3) is 0 Å². The largest absolute Gasteiger partial charge is 0.335 e. The zero-order valence-electron chi connectivity index (χ0n) is 11.3. The molecule has 0 bridgehead atoms. The molecule has 0 spiro atoms. The minimum atomic E-state index is -0.187. The molecule has 3 N–H and O–H groups in total. The highest BCUT2D eigenvalue weighted by Crippen LogP contribution is 2.19. The van der Waals surface area contributed by atoms with Crippen LogP contribution in [-0.4, -0.2) is 18.0 Å². The van der Waals surface area contributed by atoms with E-state index in [0.717, 1.165) is 12.8 Å². The Hall–Kier alpha value is -2.34. The molecule has 0 unspecified atom stereocenters. The molecule has 1 fully saturated rings. The standard InChI is InChI=1S/C15H15N3O2S/c19-14(10-7-8-21-9-10)16-11-1-3-12(4-2-11)17-15(20)18-13-5-6-13/h1-4,7-9,13H,5-6H2,(H,16,19)(H2,17,18,20). The topological polar surface area (TPSA) is 70.2 Å². The summed E-state index contributed by atoms with van der Waals surface area (Å²) in [6.45, 7) is 0. The number of carbonyl (C=O) groups excluding carboxylic acids is 2. The number of urea groups is 1. The molecule has 1 aliphatic rings. The maximum absolute atomic E-state index is 11.9. The van der Waals surface area contributed by atoms with Gasteiger partial charge in [0.2, 0.25) is 0 Å². The van der Waals surface area contributed by atoms with E-state index in [-0.39, 0.29) is 11.9 Å². The van der Waals surface area contributed by atoms with Crippen LogP contribution in [0.5, 0.6) is 0 Å². The van der Waals surface area contributed by atoms with Crippen molar-refractivity contribution in [1.29, 1.82) is 0 Å². The second-order valence-corrected chi connectivity index (χ2v) is 5.70. The van der Waals surface area contributed by atoms with Crippen LogP contribution in [0.15, 0.2) is 41.1 Å². The molecule has 2 aromatic rings. The Morgan fingerprint density at radius 2 is 1.67 bits per heavy atom. The number of nitrogens with one attached hydrogen (secondary N) is 3. The van der Waals surface area contributed by atoms with Crippen molar-refractivity contribution in [3.8, 4) is 0 Å². The second-order valence-electron chi connectivity index (χ2n) is 4.92. The monoisotopic (exact) mass is 301 g/mol. The fourth-order valence-corrected chi connectivity index (χ4v) is 2.45. The van der Waals surface area contributed by atoms with Gasteiger partial charge in [-0.2, -0.15) is 11.3 Å². The molecule has 108 valence electrons. The minimum Gasteiger partial charge on any atom is -0.335 e. The van der Waals surface area contributed by atoms with E-state index in [0.29, 0.717) is 23.0 Å². The highest BCUT2D eigenvalue weighted by Gasteiger charge is 2.23. The maximum Gasteiger partial charge on any atom is 0.319 e. The number of hydrogen-bond donors (Lipinski definition) is 3. The van der Waals surface area contributed by atoms with Crippen LogP contribution in [0.3, 0.4) is 0 Å². The third kappa shape index (κ3) is 3.82. The fourth-order valence-electron chi connectivity index (χ4n) is 1.81. The SMILES string of the molecule is O=C(Nc1ccc(NC(=O)c2ccsc2)cc1)NC1CC1. The summed E-state index contributed by atoms with van der Waals surface area (Å²) in [5, 5.41) is 12.1. The van der Waals surface area contributed by atoms with Gasteiger partial charge < -0.3 is 16.0 Å². The Bertz CT molecular complexity index is 633. The van der Waals surface area contributed by atoms with Gasteiger partial charge in [0.25, 0.3) is 5.91 Å². The normalized spacial score (nSPS) is 13.5. The van der Waals surface area contributed by atoms with Crippen molar-refractivity contribution in [3.63, 3.8) is 0 Å². The molecular formula is C15H15N3O2S. The molecule has 5 nitrogen and oxygen atoms in total. The van der Waals surface area contributed by atoms with E-state index < -0.39 is 0 Å². The summed E-state index contributed by atoms with van der Waals surface area (Å²) in [4.78, 5) is 23.5. The average molecular weight is 301 g/mol. The van der Waals surface area contributed by atoms with Crippen molar-refractivity contribution in [2.24, 2.45) is 0 Å². The van der Waals surface area contributed by atoms with Gasteiger partial charge in [0.1, 0.15) is 0 Å². The van der Waals surface area contributed by atoms with Crippen LogP contribution in [0, 0.1) is 0 Å². The summed E-state index contributed by atoms with van der Waals surface area (Å²) in [5.41, 5.74) is 2.03. The number of thiophene rings is 1. The molecule has 1 aliphatic carbocycles. The van der Waals surface area contributed by atoms with Crippen LogP contribution < -0.4 is 16.0 Å². The molecule has 21 heavy (non-hydrogen) atoms. The van der Waals surface area contributed by atoms with E-state index in [4.69, 9.17) is 0 Å². The van der Waals surface area contributed by atoms with Gasteiger partial charge in [-0.3, -0.25) is 4.79 Å². The maximum atomic E-state index is 11.9. The number of anilines is 2. The highest BCUT2D eigenvalue weighted by molar-refractivity contribution is 7.08. The Balaban J connectivity index is 1.56. The van der Waals surface area contributed by atoms with Gasteiger partial charge in [-0.1, -0.05) is 0 Å². The van der Waals surface area contributed by atoms with E-state index in [1.165, 1.54) is 11.3 Å². The predicted molar refractivity (Wildman–Crippen MR) is 83.9 cm³/mol. The van der Waals surface area contributed by atoms with E-state index in [9.17, 15) is 9.59 Å². The van der Waals surface area contributed by atoms with Gasteiger partial charge in [-0.15, -0.1) is 0 Å². The Morgan fingerprint density at radius 3 is 2.24 bits per heavy atom. The number of hydrogen-bond acceptors (Lipinski definition) is 3. The first-order chi connectivity index (χ1) is 10.2. The second kappa shape index (κ2) is 5.97. The molecule has 0 aliphatic heterocycles. The van der Waals surface area contributed by atoms with E-state index >= 15 is 0 Å². The molecule has 0 atom stereocenters. The minimum absolute atomic E-state index is 0.136. The van der Waals surface area contributed by atoms with Crippen molar-refractivity contribution in [3.05, 3.63) is 46.7 Å². The molecule has 0 saturated heterocycles. The van der Waals surface area contributed by atoms with Gasteiger partial charge in [0.15, 0.2) is 0 Å². The lowest BCUT2D eigenvalue weighted by molar-refractivity contribution is 0.102. The Morgan fingerprint density at radius 1 is 1.00 bits per heavy atom. The van der Waals surface area contributed by atoms with E-state index in [1.54, 1.807) is 35.7 Å². The molecule has 3 amide bonds. The molecule has 1 aromatic carbocycles. The van der Waals surface area contributed by atoms with Crippen molar-refractivity contribution in [2.75, 3.05) is 10.6 Å². The number of benzene rings is 1. The first kappa shape index (κ1) is 13.6. The molecule has 3 rings (SSSR count). The van der Waals surface area contributed by atoms with Gasteiger partial charge in [0, 0.05) is 22.8 Å². The Kier molecular flexibility index (Phi) is 3.87. The van der Waals surface area contributed by atoms with Crippen molar-refractivity contribution < 1.29 is 9.59 Å². The quantitative estimate of drug-likeness (QED) is 0.811. The zero-order chi connectivity index (χ0) is 14.7. The highest BCUT2D eigenvalue weighted by atomic mass is 32.1. The van der Waals surface area contributed by atoms with Crippen LogP contribution in [-0.2, 0) is 0 Å². The number of amides is 3. The molecule has 6 heteroatoms. The van der Waals surface area contributed by atoms with Crippen LogP contribution in [0.2, 0.25) is 0 Å². The van der Waals surface area contributed by atoms with Crippen LogP contribution in [0.4, 0.5) is 16.2 Å². The predicted octanol–water partition coefficient (Wildman–Crippen LogP) is 3.28. The number of rotatable bonds is 4. The molecular weight excluding hydrogens is 286 g/mol.